The van der Waals surface area contributed by atoms with Crippen molar-refractivity contribution in [3.05, 3.63) is 11.6 Å². The van der Waals surface area contributed by atoms with Crippen molar-refractivity contribution in [3.8, 4) is 0 Å². The Kier molecular flexibility index (Phi) is 4.16. The minimum Gasteiger partial charge on any atom is -0.412 e. The van der Waals surface area contributed by atoms with Crippen LogP contribution in [0.2, 0.25) is 19.6 Å². The smallest absolute Gasteiger partial charge is 0.184 e. The third-order valence-corrected chi connectivity index (χ3v) is 9.42. The highest BCUT2D eigenvalue weighted by molar-refractivity contribution is 6.69. The number of allylic oxidation sites excluding steroid dienone is 1. The van der Waals surface area contributed by atoms with Gasteiger partial charge in [-0.15, -0.1) is 0 Å². The molecule has 0 amide bonds. The van der Waals surface area contributed by atoms with Gasteiger partial charge in [-0.1, -0.05) is 12.5 Å². The molecule has 140 valence electrons. The minimum absolute atomic E-state index is 0.0752. The van der Waals surface area contributed by atoms with Gasteiger partial charge in [-0.3, -0.25) is 4.79 Å². The number of fused-ring (bicyclic) bond motifs is 5. The maximum Gasteiger partial charge on any atom is 0.184 e. The monoisotopic (exact) mass is 360 g/mol. The predicted molar refractivity (Wildman–Crippen MR) is 105 cm³/mol. The van der Waals surface area contributed by atoms with Crippen LogP contribution in [0.4, 0.5) is 0 Å². The van der Waals surface area contributed by atoms with Crippen molar-refractivity contribution in [3.63, 3.8) is 0 Å². The second-order valence-electron chi connectivity index (χ2n) is 10.7. The molecule has 0 saturated heterocycles. The third kappa shape index (κ3) is 2.81. The highest BCUT2D eigenvalue weighted by atomic mass is 28.4. The summed E-state index contributed by atoms with van der Waals surface area (Å²) in [6.45, 7) is 12.0. The topological polar surface area (TPSA) is 26.3 Å². The molecule has 0 aromatic heterocycles. The van der Waals surface area contributed by atoms with Gasteiger partial charge in [-0.25, -0.2) is 0 Å². The average molecular weight is 361 g/mol. The summed E-state index contributed by atoms with van der Waals surface area (Å²) in [6.07, 6.45) is 11.7. The molecule has 4 aliphatic carbocycles. The molecule has 4 rings (SSSR count). The van der Waals surface area contributed by atoms with Gasteiger partial charge in [0.2, 0.25) is 0 Å². The Morgan fingerprint density at radius 2 is 1.76 bits per heavy atom. The Balaban J connectivity index is 1.60. The van der Waals surface area contributed by atoms with E-state index in [1.807, 2.05) is 6.08 Å². The van der Waals surface area contributed by atoms with Crippen LogP contribution < -0.4 is 0 Å². The lowest BCUT2D eigenvalue weighted by molar-refractivity contribution is -0.117. The molecule has 0 heterocycles. The highest BCUT2D eigenvalue weighted by Gasteiger charge is 2.62. The Morgan fingerprint density at radius 1 is 1.00 bits per heavy atom. The van der Waals surface area contributed by atoms with Gasteiger partial charge in [0.05, 0.1) is 5.60 Å². The molecule has 0 aliphatic heterocycles. The summed E-state index contributed by atoms with van der Waals surface area (Å²) in [5, 5.41) is 0. The fourth-order valence-electron chi connectivity index (χ4n) is 7.25. The largest absolute Gasteiger partial charge is 0.412 e. The molecule has 0 aromatic rings. The van der Waals surface area contributed by atoms with E-state index in [1.54, 1.807) is 0 Å². The van der Waals surface area contributed by atoms with Gasteiger partial charge in [0.15, 0.2) is 14.1 Å². The molecule has 0 aromatic carbocycles. The van der Waals surface area contributed by atoms with Crippen molar-refractivity contribution in [2.75, 3.05) is 0 Å². The van der Waals surface area contributed by atoms with E-state index in [2.05, 4.69) is 33.5 Å². The Morgan fingerprint density at radius 3 is 2.48 bits per heavy atom. The predicted octanol–water partition coefficient (Wildman–Crippen LogP) is 5.74. The summed E-state index contributed by atoms with van der Waals surface area (Å²) in [6, 6.07) is 0. The van der Waals surface area contributed by atoms with Gasteiger partial charge in [-0.05, 0) is 107 Å². The van der Waals surface area contributed by atoms with Crippen LogP contribution in [0.5, 0.6) is 0 Å². The first kappa shape index (κ1) is 18.0. The first-order chi connectivity index (χ1) is 11.6. The minimum atomic E-state index is -1.54. The summed E-state index contributed by atoms with van der Waals surface area (Å²) in [5.41, 5.74) is 1.92. The number of ketones is 1. The second kappa shape index (κ2) is 5.79. The summed E-state index contributed by atoms with van der Waals surface area (Å²) in [4.78, 5) is 11.8. The fraction of sp³-hybridized carbons (Fsp3) is 0.864. The molecule has 4 aliphatic rings. The van der Waals surface area contributed by atoms with Crippen LogP contribution in [-0.2, 0) is 9.22 Å². The zero-order valence-electron chi connectivity index (χ0n) is 16.9. The van der Waals surface area contributed by atoms with Gasteiger partial charge in [0.1, 0.15) is 0 Å². The van der Waals surface area contributed by atoms with E-state index in [-0.39, 0.29) is 5.60 Å². The first-order valence-electron chi connectivity index (χ1n) is 10.6. The maximum atomic E-state index is 11.8. The average Bonchev–Trinajstić information content (AvgIpc) is 2.76. The Bertz CT molecular complexity index is 604. The SMILES string of the molecule is C[C@]12CC[C@H]3[C@@H](CCC4=CC(=O)CC[C@@H]43)[C@@H]1CC[C@]2(C)O[Si](C)(C)C. The van der Waals surface area contributed by atoms with Crippen molar-refractivity contribution in [1.29, 1.82) is 0 Å². The lowest BCUT2D eigenvalue weighted by Gasteiger charge is -2.57. The molecule has 2 nitrogen and oxygen atoms in total. The van der Waals surface area contributed by atoms with E-state index in [4.69, 9.17) is 4.43 Å². The number of rotatable bonds is 2. The molecule has 3 saturated carbocycles. The van der Waals surface area contributed by atoms with E-state index in [9.17, 15) is 4.79 Å². The van der Waals surface area contributed by atoms with Crippen LogP contribution in [0.15, 0.2) is 11.6 Å². The second-order valence-corrected chi connectivity index (χ2v) is 15.2. The van der Waals surface area contributed by atoms with Crippen molar-refractivity contribution < 1.29 is 9.22 Å². The van der Waals surface area contributed by atoms with Gasteiger partial charge >= 0.3 is 0 Å². The van der Waals surface area contributed by atoms with Gasteiger partial charge < -0.3 is 4.43 Å². The van der Waals surface area contributed by atoms with E-state index in [0.29, 0.717) is 17.1 Å². The summed E-state index contributed by atoms with van der Waals surface area (Å²) in [5.74, 6) is 3.61. The Hall–Kier alpha value is -0.413. The summed E-state index contributed by atoms with van der Waals surface area (Å²) >= 11 is 0. The molecule has 0 spiro atoms. The molecular weight excluding hydrogens is 324 g/mol. The van der Waals surface area contributed by atoms with Crippen LogP contribution in [0.25, 0.3) is 0 Å². The molecule has 0 N–H and O–H groups in total. The normalized spacial score (nSPS) is 46.9. The standard InChI is InChI=1S/C22H36O2Si/c1-21-12-10-18-17-9-7-16(23)14-15(17)6-8-19(18)20(21)11-13-22(21,2)24-25(3,4)5/h14,17-20H,6-13H2,1-5H3/t17-,18+,19+,20-,21-,22-/m0/s1. The summed E-state index contributed by atoms with van der Waals surface area (Å²) < 4.78 is 6.84. The van der Waals surface area contributed by atoms with E-state index < -0.39 is 8.32 Å². The number of carbonyl (C=O) groups is 1. The molecular formula is C22H36O2Si. The summed E-state index contributed by atoms with van der Waals surface area (Å²) in [7, 11) is -1.54. The number of hydrogen-bond donors (Lipinski definition) is 0. The molecule has 3 heteroatoms. The quantitative estimate of drug-likeness (QED) is 0.587. The van der Waals surface area contributed by atoms with Crippen LogP contribution in [0, 0.1) is 29.1 Å². The zero-order valence-corrected chi connectivity index (χ0v) is 17.9. The maximum absolute atomic E-state index is 11.8. The van der Waals surface area contributed by atoms with Crippen LogP contribution in [0.3, 0.4) is 0 Å². The van der Waals surface area contributed by atoms with E-state index in [1.165, 1.54) is 44.1 Å². The zero-order chi connectivity index (χ0) is 18.0. The van der Waals surface area contributed by atoms with Crippen molar-refractivity contribution >= 4 is 14.1 Å². The molecule has 3 fully saturated rings. The van der Waals surface area contributed by atoms with E-state index in [0.717, 1.165) is 30.6 Å². The first-order valence-corrected chi connectivity index (χ1v) is 14.0. The van der Waals surface area contributed by atoms with Crippen molar-refractivity contribution in [1.82, 2.24) is 0 Å². The molecule has 0 bridgehead atoms. The number of hydrogen-bond acceptors (Lipinski definition) is 2. The van der Waals surface area contributed by atoms with Gasteiger partial charge in [0.25, 0.3) is 0 Å². The third-order valence-electron chi connectivity index (χ3n) is 8.36. The Labute approximate surface area is 154 Å². The van der Waals surface area contributed by atoms with Gasteiger partial charge in [-0.2, -0.15) is 0 Å². The van der Waals surface area contributed by atoms with E-state index >= 15 is 0 Å². The lowest BCUT2D eigenvalue weighted by atomic mass is 9.51. The lowest BCUT2D eigenvalue weighted by Crippen LogP contribution is -2.55. The van der Waals surface area contributed by atoms with Crippen molar-refractivity contribution in [2.24, 2.45) is 29.1 Å². The molecule has 0 unspecified atom stereocenters. The van der Waals surface area contributed by atoms with Crippen LogP contribution in [0.1, 0.15) is 65.2 Å². The number of carbonyl (C=O) groups excluding carboxylic acids is 1. The van der Waals surface area contributed by atoms with Gasteiger partial charge in [0, 0.05) is 6.42 Å². The van der Waals surface area contributed by atoms with Crippen LogP contribution in [-0.4, -0.2) is 19.7 Å². The fourth-order valence-corrected chi connectivity index (χ4v) is 8.94. The molecule has 25 heavy (non-hydrogen) atoms. The van der Waals surface area contributed by atoms with Crippen molar-refractivity contribution in [2.45, 2.75) is 90.5 Å². The molecule has 6 atom stereocenters. The highest BCUT2D eigenvalue weighted by Crippen LogP contribution is 2.66. The van der Waals surface area contributed by atoms with Crippen LogP contribution >= 0.6 is 0 Å². The molecule has 0 radical (unpaired) electrons.